The fourth-order valence-electron chi connectivity index (χ4n) is 3.31. The van der Waals surface area contributed by atoms with Crippen LogP contribution in [0.25, 0.3) is 0 Å². The number of hydrogen-bond acceptors (Lipinski definition) is 2. The molecule has 19 heavy (non-hydrogen) atoms. The highest BCUT2D eigenvalue weighted by atomic mass is 16.6. The monoisotopic (exact) mass is 266 g/mol. The third-order valence-electron chi connectivity index (χ3n) is 4.47. The van der Waals surface area contributed by atoms with Crippen molar-refractivity contribution in [2.45, 2.75) is 71.5 Å². The largest absolute Gasteiger partial charge is 0.498 e. The molecule has 0 aromatic rings. The van der Waals surface area contributed by atoms with E-state index >= 15 is 0 Å². The van der Waals surface area contributed by atoms with E-state index in [1.807, 2.05) is 0 Å². The Morgan fingerprint density at radius 3 is 2.74 bits per heavy atom. The van der Waals surface area contributed by atoms with Gasteiger partial charge >= 0.3 is 0 Å². The van der Waals surface area contributed by atoms with E-state index in [9.17, 15) is 0 Å². The van der Waals surface area contributed by atoms with Gasteiger partial charge in [0.2, 0.25) is 0 Å². The van der Waals surface area contributed by atoms with Crippen LogP contribution in [0.15, 0.2) is 12.3 Å². The summed E-state index contributed by atoms with van der Waals surface area (Å²) < 4.78 is 11.6. The zero-order valence-electron chi connectivity index (χ0n) is 12.9. The van der Waals surface area contributed by atoms with Gasteiger partial charge in [0.15, 0.2) is 0 Å². The molecule has 1 saturated carbocycles. The van der Waals surface area contributed by atoms with Crippen LogP contribution >= 0.6 is 0 Å². The van der Waals surface area contributed by atoms with Gasteiger partial charge in [-0.05, 0) is 43.9 Å². The summed E-state index contributed by atoms with van der Waals surface area (Å²) >= 11 is 0. The van der Waals surface area contributed by atoms with Gasteiger partial charge in [-0.2, -0.15) is 0 Å². The lowest BCUT2D eigenvalue weighted by Gasteiger charge is -2.25. The third-order valence-corrected chi connectivity index (χ3v) is 4.47. The van der Waals surface area contributed by atoms with Gasteiger partial charge in [-0.1, -0.05) is 33.8 Å². The fraction of sp³-hybridized carbons (Fsp3) is 0.882. The Morgan fingerprint density at radius 2 is 2.11 bits per heavy atom. The molecular weight excluding hydrogens is 236 g/mol. The van der Waals surface area contributed by atoms with E-state index in [0.717, 1.165) is 12.4 Å². The lowest BCUT2D eigenvalue weighted by Crippen LogP contribution is -2.20. The van der Waals surface area contributed by atoms with E-state index in [0.29, 0.717) is 30.0 Å². The van der Waals surface area contributed by atoms with Crippen LogP contribution in [0.4, 0.5) is 0 Å². The zero-order valence-corrected chi connectivity index (χ0v) is 12.9. The average molecular weight is 266 g/mol. The quantitative estimate of drug-likeness (QED) is 0.475. The number of epoxide rings is 1. The smallest absolute Gasteiger partial charge is 0.0919 e. The van der Waals surface area contributed by atoms with Gasteiger partial charge in [-0.15, -0.1) is 0 Å². The van der Waals surface area contributed by atoms with Crippen molar-refractivity contribution in [1.82, 2.24) is 0 Å². The number of hydrogen-bond donors (Lipinski definition) is 0. The van der Waals surface area contributed by atoms with E-state index in [4.69, 9.17) is 9.47 Å². The van der Waals surface area contributed by atoms with Gasteiger partial charge < -0.3 is 9.47 Å². The number of ether oxygens (including phenoxy) is 2. The fourth-order valence-corrected chi connectivity index (χ4v) is 3.31. The van der Waals surface area contributed by atoms with Gasteiger partial charge in [0.05, 0.1) is 24.6 Å². The van der Waals surface area contributed by atoms with Crippen molar-refractivity contribution in [3.8, 4) is 0 Å². The molecule has 1 saturated heterocycles. The zero-order chi connectivity index (χ0) is 13.8. The van der Waals surface area contributed by atoms with Crippen molar-refractivity contribution < 1.29 is 9.47 Å². The van der Waals surface area contributed by atoms with Gasteiger partial charge in [-0.3, -0.25) is 0 Å². The standard InChI is InChI=1S/C17H30O2/c1-5-6-15(9-12(2)3)13(4)18-11-14-7-8-16-17(10-14)19-16/h12,14-17H,4-11H2,1-3H3. The van der Waals surface area contributed by atoms with Crippen molar-refractivity contribution in [3.63, 3.8) is 0 Å². The Kier molecular flexibility index (Phi) is 5.32. The molecule has 0 aromatic heterocycles. The maximum atomic E-state index is 6.01. The molecule has 2 aliphatic rings. The average Bonchev–Trinajstić information content (AvgIpc) is 3.13. The first-order valence-corrected chi connectivity index (χ1v) is 8.07. The summed E-state index contributed by atoms with van der Waals surface area (Å²) in [5, 5.41) is 0. The molecule has 2 rings (SSSR count). The van der Waals surface area contributed by atoms with Crippen LogP contribution in [0.5, 0.6) is 0 Å². The normalized spacial score (nSPS) is 30.8. The summed E-state index contributed by atoms with van der Waals surface area (Å²) in [7, 11) is 0. The molecule has 1 heterocycles. The molecule has 0 N–H and O–H groups in total. The topological polar surface area (TPSA) is 21.8 Å². The van der Waals surface area contributed by atoms with E-state index in [1.165, 1.54) is 38.5 Å². The molecule has 0 radical (unpaired) electrons. The summed E-state index contributed by atoms with van der Waals surface area (Å²) in [6.07, 6.45) is 8.44. The first kappa shape index (κ1) is 14.9. The lowest BCUT2D eigenvalue weighted by atomic mass is 9.89. The minimum Gasteiger partial charge on any atom is -0.498 e. The minimum absolute atomic E-state index is 0.540. The van der Waals surface area contributed by atoms with E-state index in [-0.39, 0.29) is 0 Å². The molecule has 0 aromatic carbocycles. The highest BCUT2D eigenvalue weighted by Gasteiger charge is 2.43. The Labute approximate surface area is 118 Å². The van der Waals surface area contributed by atoms with Crippen LogP contribution in [0.2, 0.25) is 0 Å². The maximum Gasteiger partial charge on any atom is 0.0919 e. The van der Waals surface area contributed by atoms with Crippen LogP contribution in [0.1, 0.15) is 59.3 Å². The van der Waals surface area contributed by atoms with Crippen molar-refractivity contribution >= 4 is 0 Å². The molecule has 0 bridgehead atoms. The molecule has 1 aliphatic carbocycles. The number of fused-ring (bicyclic) bond motifs is 1. The predicted molar refractivity (Wildman–Crippen MR) is 78.9 cm³/mol. The van der Waals surface area contributed by atoms with Gasteiger partial charge in [0, 0.05) is 5.92 Å². The molecule has 4 unspecified atom stereocenters. The summed E-state index contributed by atoms with van der Waals surface area (Å²) in [6, 6.07) is 0. The molecule has 0 spiro atoms. The molecule has 2 fully saturated rings. The molecule has 2 heteroatoms. The molecule has 2 nitrogen and oxygen atoms in total. The van der Waals surface area contributed by atoms with Gasteiger partial charge in [-0.25, -0.2) is 0 Å². The Bertz CT molecular complexity index is 298. The van der Waals surface area contributed by atoms with E-state index in [2.05, 4.69) is 27.4 Å². The summed E-state index contributed by atoms with van der Waals surface area (Å²) in [4.78, 5) is 0. The van der Waals surface area contributed by atoms with E-state index < -0.39 is 0 Å². The Balaban J connectivity index is 1.71. The number of rotatable bonds is 8. The Morgan fingerprint density at radius 1 is 1.32 bits per heavy atom. The van der Waals surface area contributed by atoms with Crippen molar-refractivity contribution in [2.75, 3.05) is 6.61 Å². The third kappa shape index (κ3) is 4.52. The van der Waals surface area contributed by atoms with Gasteiger partial charge in [0.1, 0.15) is 0 Å². The molecular formula is C17H30O2. The SMILES string of the molecule is C=C(OCC1CCC2OC2C1)C(CCC)CC(C)C. The minimum atomic E-state index is 0.540. The van der Waals surface area contributed by atoms with E-state index in [1.54, 1.807) is 0 Å². The van der Waals surface area contributed by atoms with Crippen molar-refractivity contribution in [1.29, 1.82) is 0 Å². The Hall–Kier alpha value is -0.500. The highest BCUT2D eigenvalue weighted by Crippen LogP contribution is 2.39. The summed E-state index contributed by atoms with van der Waals surface area (Å²) in [5.41, 5.74) is 0. The number of allylic oxidation sites excluding steroid dienone is 1. The van der Waals surface area contributed by atoms with Crippen molar-refractivity contribution in [2.24, 2.45) is 17.8 Å². The van der Waals surface area contributed by atoms with Crippen LogP contribution in [-0.2, 0) is 9.47 Å². The molecule has 4 atom stereocenters. The maximum absolute atomic E-state index is 6.01. The molecule has 1 aliphatic heterocycles. The van der Waals surface area contributed by atoms with Crippen LogP contribution < -0.4 is 0 Å². The second-order valence-electron chi connectivity index (χ2n) is 6.78. The molecule has 0 amide bonds. The van der Waals surface area contributed by atoms with Crippen LogP contribution in [0.3, 0.4) is 0 Å². The van der Waals surface area contributed by atoms with Crippen LogP contribution in [-0.4, -0.2) is 18.8 Å². The van der Waals surface area contributed by atoms with Crippen molar-refractivity contribution in [3.05, 3.63) is 12.3 Å². The summed E-state index contributed by atoms with van der Waals surface area (Å²) in [6.45, 7) is 11.8. The lowest BCUT2D eigenvalue weighted by molar-refractivity contribution is 0.117. The van der Waals surface area contributed by atoms with Crippen LogP contribution in [0, 0.1) is 17.8 Å². The highest BCUT2D eigenvalue weighted by molar-refractivity contribution is 4.94. The summed E-state index contributed by atoms with van der Waals surface area (Å²) in [5.74, 6) is 2.96. The predicted octanol–water partition coefficient (Wildman–Crippen LogP) is 4.55. The van der Waals surface area contributed by atoms with Gasteiger partial charge in [0.25, 0.3) is 0 Å². The molecule has 110 valence electrons. The second kappa shape index (κ2) is 6.78. The first-order chi connectivity index (χ1) is 9.10. The first-order valence-electron chi connectivity index (χ1n) is 8.07. The second-order valence-corrected chi connectivity index (χ2v) is 6.78.